The third-order valence-corrected chi connectivity index (χ3v) is 4.31. The van der Waals surface area contributed by atoms with Crippen LogP contribution in [0.15, 0.2) is 24.3 Å². The molecule has 0 bridgehead atoms. The first-order valence-electron chi connectivity index (χ1n) is 7.14. The predicted molar refractivity (Wildman–Crippen MR) is 83.2 cm³/mol. The van der Waals surface area contributed by atoms with Gasteiger partial charge in [0.25, 0.3) is 0 Å². The minimum atomic E-state index is -0.390. The summed E-state index contributed by atoms with van der Waals surface area (Å²) in [6.07, 6.45) is 0.193. The number of carbonyl (C=O) groups is 1. The summed E-state index contributed by atoms with van der Waals surface area (Å²) >= 11 is 1.86. The van der Waals surface area contributed by atoms with Gasteiger partial charge in [0, 0.05) is 30.5 Å². The molecule has 21 heavy (non-hydrogen) atoms. The fraction of sp³-hybridized carbons (Fsp3) is 0.533. The van der Waals surface area contributed by atoms with E-state index in [0.717, 1.165) is 18.1 Å². The molecular formula is C15H21FN2O2S. The lowest BCUT2D eigenvalue weighted by molar-refractivity contribution is -0.121. The van der Waals surface area contributed by atoms with E-state index in [2.05, 4.69) is 10.6 Å². The van der Waals surface area contributed by atoms with Gasteiger partial charge in [-0.05, 0) is 19.1 Å². The Balaban J connectivity index is 1.69. The number of hydrogen-bond donors (Lipinski definition) is 2. The van der Waals surface area contributed by atoms with E-state index in [4.69, 9.17) is 4.74 Å². The van der Waals surface area contributed by atoms with Gasteiger partial charge in [-0.2, -0.15) is 11.8 Å². The topological polar surface area (TPSA) is 50.4 Å². The zero-order valence-corrected chi connectivity index (χ0v) is 12.9. The second-order valence-corrected chi connectivity index (χ2v) is 6.24. The molecular weight excluding hydrogens is 291 g/mol. The van der Waals surface area contributed by atoms with E-state index >= 15 is 0 Å². The molecule has 4 nitrogen and oxygen atoms in total. The van der Waals surface area contributed by atoms with E-state index in [9.17, 15) is 9.18 Å². The zero-order valence-electron chi connectivity index (χ0n) is 12.1. The normalized spacial score (nSPS) is 19.8. The van der Waals surface area contributed by atoms with Crippen molar-refractivity contribution in [1.29, 1.82) is 0 Å². The van der Waals surface area contributed by atoms with Crippen LogP contribution in [0.2, 0.25) is 0 Å². The van der Waals surface area contributed by atoms with Crippen molar-refractivity contribution in [2.24, 2.45) is 0 Å². The van der Waals surface area contributed by atoms with Crippen LogP contribution in [0.3, 0.4) is 0 Å². The molecule has 2 atom stereocenters. The minimum Gasteiger partial charge on any atom is -0.486 e. The summed E-state index contributed by atoms with van der Waals surface area (Å²) in [5, 5.41) is 6.16. The van der Waals surface area contributed by atoms with Crippen molar-refractivity contribution in [3.8, 4) is 5.75 Å². The van der Waals surface area contributed by atoms with E-state index < -0.39 is 0 Å². The Morgan fingerprint density at radius 1 is 1.57 bits per heavy atom. The van der Waals surface area contributed by atoms with Gasteiger partial charge in [-0.3, -0.25) is 4.79 Å². The van der Waals surface area contributed by atoms with Gasteiger partial charge in [0.2, 0.25) is 5.91 Å². The molecule has 0 spiro atoms. The average Bonchev–Trinajstić information content (AvgIpc) is 2.49. The van der Waals surface area contributed by atoms with Gasteiger partial charge in [0.05, 0.1) is 6.54 Å². The standard InChI is InChI=1S/C15H21FN2O2S/c1-11(20-14-5-3-2-4-13(14)16)9-18-15(19)8-12-10-21-7-6-17-12/h2-5,11-12,17H,6-10H2,1H3,(H,18,19). The van der Waals surface area contributed by atoms with E-state index in [0.29, 0.717) is 13.0 Å². The highest BCUT2D eigenvalue weighted by Gasteiger charge is 2.17. The molecule has 1 heterocycles. The molecule has 0 radical (unpaired) electrons. The molecule has 1 fully saturated rings. The molecule has 1 aliphatic rings. The smallest absolute Gasteiger partial charge is 0.221 e. The maximum Gasteiger partial charge on any atom is 0.221 e. The Bertz CT molecular complexity index is 467. The number of carbonyl (C=O) groups excluding carboxylic acids is 1. The fourth-order valence-corrected chi connectivity index (χ4v) is 3.05. The molecule has 0 aliphatic carbocycles. The highest BCUT2D eigenvalue weighted by atomic mass is 32.2. The van der Waals surface area contributed by atoms with Crippen molar-refractivity contribution in [1.82, 2.24) is 10.6 Å². The van der Waals surface area contributed by atoms with Crippen molar-refractivity contribution < 1.29 is 13.9 Å². The molecule has 6 heteroatoms. The molecule has 1 amide bonds. The molecule has 2 unspecified atom stereocenters. The number of halogens is 1. The predicted octanol–water partition coefficient (Wildman–Crippen LogP) is 1.80. The first-order chi connectivity index (χ1) is 10.1. The second kappa shape index (κ2) is 8.24. The molecule has 1 aromatic carbocycles. The molecule has 2 rings (SSSR count). The highest BCUT2D eigenvalue weighted by Crippen LogP contribution is 2.16. The van der Waals surface area contributed by atoms with Crippen LogP contribution in [0.25, 0.3) is 0 Å². The van der Waals surface area contributed by atoms with Gasteiger partial charge in [0.15, 0.2) is 11.6 Å². The van der Waals surface area contributed by atoms with Crippen molar-refractivity contribution in [3.05, 3.63) is 30.1 Å². The Kier molecular flexibility index (Phi) is 6.32. The molecule has 1 saturated heterocycles. The van der Waals surface area contributed by atoms with Crippen LogP contribution in [0, 0.1) is 5.82 Å². The summed E-state index contributed by atoms with van der Waals surface area (Å²) < 4.78 is 18.9. The molecule has 0 saturated carbocycles. The Morgan fingerprint density at radius 3 is 3.10 bits per heavy atom. The Labute approximate surface area is 128 Å². The van der Waals surface area contributed by atoms with E-state index in [1.807, 2.05) is 11.8 Å². The number of benzene rings is 1. The van der Waals surface area contributed by atoms with Crippen LogP contribution < -0.4 is 15.4 Å². The highest BCUT2D eigenvalue weighted by molar-refractivity contribution is 7.99. The van der Waals surface area contributed by atoms with E-state index in [-0.39, 0.29) is 29.6 Å². The van der Waals surface area contributed by atoms with Crippen LogP contribution >= 0.6 is 11.8 Å². The van der Waals surface area contributed by atoms with Crippen LogP contribution in [0.1, 0.15) is 13.3 Å². The van der Waals surface area contributed by atoms with E-state index in [1.165, 1.54) is 6.07 Å². The molecule has 1 aliphatic heterocycles. The zero-order chi connectivity index (χ0) is 15.1. The summed E-state index contributed by atoms with van der Waals surface area (Å²) in [4.78, 5) is 11.8. The summed E-state index contributed by atoms with van der Waals surface area (Å²) in [7, 11) is 0. The Hall–Kier alpha value is -1.27. The molecule has 0 aromatic heterocycles. The number of thioether (sulfide) groups is 1. The van der Waals surface area contributed by atoms with Crippen LogP contribution in [0.5, 0.6) is 5.75 Å². The van der Waals surface area contributed by atoms with E-state index in [1.54, 1.807) is 25.1 Å². The van der Waals surface area contributed by atoms with Gasteiger partial charge in [-0.25, -0.2) is 4.39 Å². The quantitative estimate of drug-likeness (QED) is 0.841. The lowest BCUT2D eigenvalue weighted by Crippen LogP contribution is -2.42. The lowest BCUT2D eigenvalue weighted by Gasteiger charge is -2.23. The molecule has 1 aromatic rings. The first-order valence-corrected chi connectivity index (χ1v) is 8.29. The summed E-state index contributed by atoms with van der Waals surface area (Å²) in [5.74, 6) is 1.89. The number of rotatable bonds is 6. The third kappa shape index (κ3) is 5.55. The monoisotopic (exact) mass is 312 g/mol. The van der Waals surface area contributed by atoms with Gasteiger partial charge in [0.1, 0.15) is 6.10 Å². The maximum atomic E-state index is 13.4. The van der Waals surface area contributed by atoms with Crippen LogP contribution in [-0.2, 0) is 4.79 Å². The summed E-state index contributed by atoms with van der Waals surface area (Å²) in [6, 6.07) is 6.51. The third-order valence-electron chi connectivity index (χ3n) is 3.18. The van der Waals surface area contributed by atoms with Gasteiger partial charge in [-0.1, -0.05) is 12.1 Å². The van der Waals surface area contributed by atoms with Gasteiger partial charge >= 0.3 is 0 Å². The van der Waals surface area contributed by atoms with Gasteiger partial charge in [-0.15, -0.1) is 0 Å². The SMILES string of the molecule is CC(CNC(=O)CC1CSCCN1)Oc1ccccc1F. The second-order valence-electron chi connectivity index (χ2n) is 5.09. The Morgan fingerprint density at radius 2 is 2.38 bits per heavy atom. The van der Waals surface area contributed by atoms with Gasteiger partial charge < -0.3 is 15.4 Å². The number of nitrogens with one attached hydrogen (secondary N) is 2. The summed E-state index contributed by atoms with van der Waals surface area (Å²) in [5.41, 5.74) is 0. The largest absolute Gasteiger partial charge is 0.486 e. The lowest BCUT2D eigenvalue weighted by atomic mass is 10.2. The first kappa shape index (κ1) is 16.1. The summed E-state index contributed by atoms with van der Waals surface area (Å²) in [6.45, 7) is 3.13. The van der Waals surface area contributed by atoms with Crippen molar-refractivity contribution >= 4 is 17.7 Å². The average molecular weight is 312 g/mol. The molecule has 2 N–H and O–H groups in total. The number of hydrogen-bond acceptors (Lipinski definition) is 4. The van der Waals surface area contributed by atoms with Crippen LogP contribution in [-0.4, -0.2) is 42.6 Å². The van der Waals surface area contributed by atoms with Crippen molar-refractivity contribution in [3.63, 3.8) is 0 Å². The van der Waals surface area contributed by atoms with Crippen molar-refractivity contribution in [2.45, 2.75) is 25.5 Å². The number of para-hydroxylation sites is 1. The minimum absolute atomic E-state index is 0.000941. The fourth-order valence-electron chi connectivity index (χ4n) is 2.10. The van der Waals surface area contributed by atoms with Crippen molar-refractivity contribution in [2.75, 3.05) is 24.6 Å². The number of ether oxygens (including phenoxy) is 1. The maximum absolute atomic E-state index is 13.4. The molecule has 116 valence electrons. The van der Waals surface area contributed by atoms with Crippen LogP contribution in [0.4, 0.5) is 4.39 Å². The number of amides is 1.